The van der Waals surface area contributed by atoms with Crippen LogP contribution in [0, 0.1) is 11.8 Å². The monoisotopic (exact) mass is 385 g/mol. The maximum Gasteiger partial charge on any atom is 0.338 e. The standard InChI is InChI=1S/C19H28ClNO5/c1-12(2)6-7-25-18-15(20)8-14(9-16(18)24-5)19(23)26-11-17(22)21-10-13(3)4/h8-9,12-13H,6-7,10-11H2,1-5H3,(H,21,22). The predicted molar refractivity (Wildman–Crippen MR) is 101 cm³/mol. The summed E-state index contributed by atoms with van der Waals surface area (Å²) in [5, 5.41) is 2.93. The first-order valence-electron chi connectivity index (χ1n) is 8.68. The lowest BCUT2D eigenvalue weighted by Crippen LogP contribution is -2.31. The largest absolute Gasteiger partial charge is 0.493 e. The van der Waals surface area contributed by atoms with Crippen LogP contribution < -0.4 is 14.8 Å². The second-order valence-electron chi connectivity index (χ2n) is 6.79. The second kappa shape index (κ2) is 10.9. The lowest BCUT2D eigenvalue weighted by atomic mass is 10.1. The molecule has 146 valence electrons. The molecule has 0 bridgehead atoms. The summed E-state index contributed by atoms with van der Waals surface area (Å²) in [4.78, 5) is 23.8. The number of nitrogens with one attached hydrogen (secondary N) is 1. The lowest BCUT2D eigenvalue weighted by Gasteiger charge is -2.15. The van der Waals surface area contributed by atoms with Gasteiger partial charge in [0.05, 0.1) is 24.3 Å². The SMILES string of the molecule is COc1cc(C(=O)OCC(=O)NCC(C)C)cc(Cl)c1OCCC(C)C. The van der Waals surface area contributed by atoms with E-state index in [0.29, 0.717) is 36.5 Å². The number of carbonyl (C=O) groups is 2. The van der Waals surface area contributed by atoms with Crippen molar-refractivity contribution in [2.75, 3.05) is 26.9 Å². The van der Waals surface area contributed by atoms with Crippen LogP contribution in [0.3, 0.4) is 0 Å². The Morgan fingerprint density at radius 3 is 2.42 bits per heavy atom. The van der Waals surface area contributed by atoms with Gasteiger partial charge in [0.2, 0.25) is 0 Å². The van der Waals surface area contributed by atoms with Gasteiger partial charge in [-0.1, -0.05) is 39.3 Å². The van der Waals surface area contributed by atoms with E-state index in [2.05, 4.69) is 19.2 Å². The fourth-order valence-corrected chi connectivity index (χ4v) is 2.22. The zero-order valence-electron chi connectivity index (χ0n) is 16.1. The van der Waals surface area contributed by atoms with Crippen molar-refractivity contribution in [1.29, 1.82) is 0 Å². The molecule has 1 amide bonds. The van der Waals surface area contributed by atoms with Crippen molar-refractivity contribution in [2.45, 2.75) is 34.1 Å². The summed E-state index contributed by atoms with van der Waals surface area (Å²) in [5.41, 5.74) is 0.194. The maximum atomic E-state index is 12.2. The third-order valence-electron chi connectivity index (χ3n) is 3.45. The third-order valence-corrected chi connectivity index (χ3v) is 3.73. The van der Waals surface area contributed by atoms with Gasteiger partial charge in [-0.25, -0.2) is 4.79 Å². The van der Waals surface area contributed by atoms with Crippen molar-refractivity contribution in [2.24, 2.45) is 11.8 Å². The molecule has 26 heavy (non-hydrogen) atoms. The summed E-state index contributed by atoms with van der Waals surface area (Å²) >= 11 is 6.23. The normalized spacial score (nSPS) is 10.8. The first kappa shape index (κ1) is 22.1. The van der Waals surface area contributed by atoms with Crippen molar-refractivity contribution >= 4 is 23.5 Å². The van der Waals surface area contributed by atoms with Crippen molar-refractivity contribution in [3.8, 4) is 11.5 Å². The van der Waals surface area contributed by atoms with Crippen LogP contribution in [0.5, 0.6) is 11.5 Å². The highest BCUT2D eigenvalue weighted by atomic mass is 35.5. The molecule has 0 aliphatic heterocycles. The molecule has 0 radical (unpaired) electrons. The lowest BCUT2D eigenvalue weighted by molar-refractivity contribution is -0.124. The van der Waals surface area contributed by atoms with Crippen LogP contribution in [-0.2, 0) is 9.53 Å². The van der Waals surface area contributed by atoms with Gasteiger partial charge >= 0.3 is 5.97 Å². The Hall–Kier alpha value is -1.95. The zero-order valence-corrected chi connectivity index (χ0v) is 16.8. The van der Waals surface area contributed by atoms with E-state index in [1.54, 1.807) is 0 Å². The van der Waals surface area contributed by atoms with Gasteiger partial charge < -0.3 is 19.5 Å². The Labute approximate surface area is 160 Å². The molecule has 1 aromatic carbocycles. The molecular weight excluding hydrogens is 358 g/mol. The van der Waals surface area contributed by atoms with Gasteiger partial charge in [0.1, 0.15) is 0 Å². The minimum Gasteiger partial charge on any atom is -0.493 e. The number of benzene rings is 1. The van der Waals surface area contributed by atoms with Crippen LogP contribution in [-0.4, -0.2) is 38.7 Å². The van der Waals surface area contributed by atoms with Crippen LogP contribution in [0.15, 0.2) is 12.1 Å². The van der Waals surface area contributed by atoms with Crippen molar-refractivity contribution in [3.05, 3.63) is 22.7 Å². The zero-order chi connectivity index (χ0) is 19.7. The molecule has 0 aliphatic carbocycles. The molecule has 0 fully saturated rings. The van der Waals surface area contributed by atoms with E-state index < -0.39 is 5.97 Å². The molecule has 0 atom stereocenters. The number of amides is 1. The molecule has 0 aliphatic rings. The molecule has 0 unspecified atom stereocenters. The minimum absolute atomic E-state index is 0.194. The highest BCUT2D eigenvalue weighted by Gasteiger charge is 2.18. The van der Waals surface area contributed by atoms with Crippen LogP contribution in [0.4, 0.5) is 0 Å². The summed E-state index contributed by atoms with van der Waals surface area (Å²) in [6.07, 6.45) is 0.870. The maximum absolute atomic E-state index is 12.2. The topological polar surface area (TPSA) is 73.9 Å². The third kappa shape index (κ3) is 7.52. The molecule has 6 nitrogen and oxygen atoms in total. The Bertz CT molecular complexity index is 616. The number of carbonyl (C=O) groups excluding carboxylic acids is 2. The van der Waals surface area contributed by atoms with Crippen LogP contribution in [0.1, 0.15) is 44.5 Å². The van der Waals surface area contributed by atoms with Crippen molar-refractivity contribution in [3.63, 3.8) is 0 Å². The number of rotatable bonds is 10. The summed E-state index contributed by atoms with van der Waals surface area (Å²) in [6.45, 7) is 8.82. The van der Waals surface area contributed by atoms with Gasteiger partial charge in [-0.3, -0.25) is 4.79 Å². The number of hydrogen-bond acceptors (Lipinski definition) is 5. The first-order valence-corrected chi connectivity index (χ1v) is 9.06. The van der Waals surface area contributed by atoms with E-state index in [-0.39, 0.29) is 23.1 Å². The number of halogens is 1. The van der Waals surface area contributed by atoms with E-state index in [1.807, 2.05) is 13.8 Å². The summed E-state index contributed by atoms with van der Waals surface area (Å²) in [7, 11) is 1.47. The molecule has 1 aromatic rings. The van der Waals surface area contributed by atoms with Crippen molar-refractivity contribution in [1.82, 2.24) is 5.32 Å². The number of methoxy groups -OCH3 is 1. The molecule has 0 saturated heterocycles. The molecule has 0 saturated carbocycles. The Balaban J connectivity index is 2.73. The van der Waals surface area contributed by atoms with Gasteiger partial charge in [-0.05, 0) is 30.4 Å². The quantitative estimate of drug-likeness (QED) is 0.621. The molecule has 0 aromatic heterocycles. The number of hydrogen-bond donors (Lipinski definition) is 1. The summed E-state index contributed by atoms with van der Waals surface area (Å²) in [5.74, 6) is 0.549. The Kier molecular flexibility index (Phi) is 9.27. The molecular formula is C19H28ClNO5. The summed E-state index contributed by atoms with van der Waals surface area (Å²) in [6, 6.07) is 2.94. The van der Waals surface area contributed by atoms with Gasteiger partial charge in [-0.15, -0.1) is 0 Å². The van der Waals surface area contributed by atoms with Gasteiger partial charge in [-0.2, -0.15) is 0 Å². The molecule has 0 heterocycles. The van der Waals surface area contributed by atoms with Gasteiger partial charge in [0, 0.05) is 6.54 Å². The smallest absolute Gasteiger partial charge is 0.338 e. The van der Waals surface area contributed by atoms with Gasteiger partial charge in [0.15, 0.2) is 18.1 Å². The van der Waals surface area contributed by atoms with Crippen LogP contribution >= 0.6 is 11.6 Å². The molecule has 1 rings (SSSR count). The average molecular weight is 386 g/mol. The second-order valence-corrected chi connectivity index (χ2v) is 7.20. The van der Waals surface area contributed by atoms with E-state index in [0.717, 1.165) is 6.42 Å². The van der Waals surface area contributed by atoms with E-state index in [9.17, 15) is 9.59 Å². The predicted octanol–water partition coefficient (Wildman–Crippen LogP) is 3.70. The van der Waals surface area contributed by atoms with E-state index >= 15 is 0 Å². The molecule has 1 N–H and O–H groups in total. The Morgan fingerprint density at radius 1 is 1.15 bits per heavy atom. The van der Waals surface area contributed by atoms with Crippen molar-refractivity contribution < 1.29 is 23.8 Å². The fraction of sp³-hybridized carbons (Fsp3) is 0.579. The first-order chi connectivity index (χ1) is 12.2. The van der Waals surface area contributed by atoms with Crippen LogP contribution in [0.25, 0.3) is 0 Å². The summed E-state index contributed by atoms with van der Waals surface area (Å²) < 4.78 is 16.0. The average Bonchev–Trinajstić information content (AvgIpc) is 2.58. The molecule has 7 heteroatoms. The molecule has 0 spiro atoms. The van der Waals surface area contributed by atoms with Gasteiger partial charge in [0.25, 0.3) is 5.91 Å². The minimum atomic E-state index is -0.654. The fourth-order valence-electron chi connectivity index (χ4n) is 1.96. The number of ether oxygens (including phenoxy) is 3. The Morgan fingerprint density at radius 2 is 1.85 bits per heavy atom. The van der Waals surface area contributed by atoms with E-state index in [4.69, 9.17) is 25.8 Å². The van der Waals surface area contributed by atoms with Crippen LogP contribution in [0.2, 0.25) is 5.02 Å². The van der Waals surface area contributed by atoms with E-state index in [1.165, 1.54) is 19.2 Å². The highest BCUT2D eigenvalue weighted by molar-refractivity contribution is 6.32. The number of esters is 1. The highest BCUT2D eigenvalue weighted by Crippen LogP contribution is 2.36.